The molecule has 0 heterocycles. The lowest BCUT2D eigenvalue weighted by atomic mass is 10.4. The summed E-state index contributed by atoms with van der Waals surface area (Å²) in [5, 5.41) is 4.20. The maximum Gasteiger partial charge on any atom is 0.0854 e. The van der Waals surface area contributed by atoms with Gasteiger partial charge >= 0.3 is 0 Å². The van der Waals surface area contributed by atoms with Crippen molar-refractivity contribution in [3.63, 3.8) is 0 Å². The van der Waals surface area contributed by atoms with Gasteiger partial charge in [0.05, 0.1) is 8.07 Å². The van der Waals surface area contributed by atoms with Gasteiger partial charge in [-0.1, -0.05) is 145 Å². The average Bonchev–Trinajstić information content (AvgIpc) is 2.70. The molecule has 138 valence electrons. The van der Waals surface area contributed by atoms with Crippen LogP contribution in [0, 0.1) is 0 Å². The number of halogens is 1. The first-order chi connectivity index (χ1) is 12.9. The Morgan fingerprint density at radius 1 is 0.667 bits per heavy atom. The van der Waals surface area contributed by atoms with Crippen LogP contribution in [0.2, 0.25) is 19.6 Å². The number of hydrogen-bond acceptors (Lipinski definition) is 0. The third-order valence-corrected chi connectivity index (χ3v) is 15.4. The molecular weight excluding hydrogens is 474 g/mol. The molecule has 0 aliphatic rings. The zero-order chi connectivity index (χ0) is 19.3. The highest BCUT2D eigenvalue weighted by Crippen LogP contribution is 2.44. The molecule has 0 N–H and O–H groups in total. The molecule has 0 bridgehead atoms. The predicted octanol–water partition coefficient (Wildman–Crippen LogP) is 5.98. The van der Waals surface area contributed by atoms with Crippen LogP contribution in [0.25, 0.3) is 0 Å². The maximum atomic E-state index is 2.56. The van der Waals surface area contributed by atoms with Gasteiger partial charge in [-0.25, -0.2) is 0 Å². The molecule has 0 aromatic heterocycles. The maximum absolute atomic E-state index is 2.56. The van der Waals surface area contributed by atoms with Crippen molar-refractivity contribution in [3.8, 4) is 0 Å². The van der Waals surface area contributed by atoms with E-state index in [9.17, 15) is 0 Å². The van der Waals surface area contributed by atoms with Crippen molar-refractivity contribution in [2.75, 3.05) is 0 Å². The third kappa shape index (κ3) is 4.56. The summed E-state index contributed by atoms with van der Waals surface area (Å²) in [5.74, 6) is 2.52. The van der Waals surface area contributed by atoms with Crippen LogP contribution in [0.5, 0.6) is 0 Å². The van der Waals surface area contributed by atoms with Crippen LogP contribution in [-0.2, 0) is 0 Å². The minimum atomic E-state index is -1.86. The van der Waals surface area contributed by atoms with Crippen molar-refractivity contribution in [1.82, 2.24) is 0 Å². The molecule has 0 radical (unpaired) electrons. The predicted molar refractivity (Wildman–Crippen MR) is 137 cm³/mol. The quantitative estimate of drug-likeness (QED) is 0.230. The molecular formula is C24H26IPSi. The van der Waals surface area contributed by atoms with E-state index in [1.54, 1.807) is 0 Å². The summed E-state index contributed by atoms with van der Waals surface area (Å²) in [6, 6.07) is 33.1. The lowest BCUT2D eigenvalue weighted by Gasteiger charge is -2.28. The lowest BCUT2D eigenvalue weighted by Crippen LogP contribution is -2.27. The van der Waals surface area contributed by atoms with E-state index in [2.05, 4.69) is 145 Å². The molecule has 0 saturated heterocycles. The van der Waals surface area contributed by atoms with Gasteiger partial charge in [-0.15, -0.1) is 0 Å². The van der Waals surface area contributed by atoms with Gasteiger partial charge in [0, 0.05) is 0 Å². The number of hydrogen-bond donors (Lipinski definition) is 0. The average molecular weight is 500 g/mol. The highest BCUT2D eigenvalue weighted by molar-refractivity contribution is 14.1. The fraction of sp³-hybridized carbons (Fsp3) is 0.125. The van der Waals surface area contributed by atoms with E-state index in [4.69, 9.17) is 0 Å². The van der Waals surface area contributed by atoms with E-state index in [1.807, 2.05) is 0 Å². The Morgan fingerprint density at radius 3 is 1.30 bits per heavy atom. The molecule has 0 saturated carbocycles. The van der Waals surface area contributed by atoms with Crippen LogP contribution in [-0.4, -0.2) is 13.9 Å². The smallest absolute Gasteiger partial charge is 0.0652 e. The lowest BCUT2D eigenvalue weighted by molar-refractivity contribution is 1.73. The first-order valence-electron chi connectivity index (χ1n) is 9.22. The van der Waals surface area contributed by atoms with E-state index in [0.29, 0.717) is 0 Å². The highest BCUT2D eigenvalue weighted by atomic mass is 127. The minimum absolute atomic E-state index is 1.33. The van der Waals surface area contributed by atoms with Crippen molar-refractivity contribution in [2.24, 2.45) is 0 Å². The van der Waals surface area contributed by atoms with Gasteiger partial charge in [-0.3, -0.25) is 0 Å². The Kier molecular flexibility index (Phi) is 6.62. The van der Waals surface area contributed by atoms with Crippen molar-refractivity contribution >= 4 is 59.3 Å². The minimum Gasteiger partial charge on any atom is -0.0652 e. The Balaban J connectivity index is 2.40. The Bertz CT molecular complexity index is 852. The number of allylic oxidation sites excluding steroid dienone is 1. The van der Waals surface area contributed by atoms with Gasteiger partial charge in [-0.2, -0.15) is 0 Å². The van der Waals surface area contributed by atoms with E-state index < -0.39 is 15.0 Å². The molecule has 0 atom stereocenters. The highest BCUT2D eigenvalue weighted by Gasteiger charge is 2.25. The fourth-order valence-corrected chi connectivity index (χ4v) is 8.02. The fourth-order valence-electron chi connectivity index (χ4n) is 3.12. The third-order valence-electron chi connectivity index (χ3n) is 4.65. The molecule has 0 nitrogen and oxygen atoms in total. The van der Waals surface area contributed by atoms with Gasteiger partial charge in [-0.05, 0) is 26.0 Å². The van der Waals surface area contributed by atoms with Crippen LogP contribution in [0.3, 0.4) is 0 Å². The molecule has 0 spiro atoms. The molecule has 3 heteroatoms. The summed E-state index contributed by atoms with van der Waals surface area (Å²) < 4.78 is 1.51. The second-order valence-corrected chi connectivity index (χ2v) is 18.2. The van der Waals surface area contributed by atoms with Crippen LogP contribution in [0.1, 0.15) is 0 Å². The SMILES string of the molecule is C[Si](C)(C)/C(I)=C/C=P(c1ccccc1)(c1ccccc1)c1ccccc1. The summed E-state index contributed by atoms with van der Waals surface area (Å²) in [5.41, 5.74) is 0. The summed E-state index contributed by atoms with van der Waals surface area (Å²) in [6.07, 6.45) is 2.41. The molecule has 3 rings (SSSR count). The Hall–Kier alpha value is -1.35. The molecule has 0 aliphatic heterocycles. The standard InChI is InChI=1S/C24H26IPSi/c1-27(2,3)24(25)19-20-26(21-13-7-4-8-14-21,22-15-9-5-10-16-22)23-17-11-6-12-18-23/h4-20H,1-3H3/b24-19+. The van der Waals surface area contributed by atoms with Crippen molar-refractivity contribution in [2.45, 2.75) is 19.6 Å². The molecule has 3 aromatic carbocycles. The van der Waals surface area contributed by atoms with Crippen LogP contribution in [0.15, 0.2) is 100 Å². The summed E-state index contributed by atoms with van der Waals surface area (Å²) >= 11 is 2.56. The van der Waals surface area contributed by atoms with E-state index in [-0.39, 0.29) is 0 Å². The molecule has 0 aliphatic carbocycles. The van der Waals surface area contributed by atoms with Gasteiger partial charge in [0.25, 0.3) is 0 Å². The van der Waals surface area contributed by atoms with Crippen LogP contribution < -0.4 is 15.9 Å². The van der Waals surface area contributed by atoms with Crippen LogP contribution in [0.4, 0.5) is 0 Å². The first-order valence-corrected chi connectivity index (χ1v) is 15.7. The van der Waals surface area contributed by atoms with E-state index in [0.717, 1.165) is 0 Å². The molecule has 0 amide bonds. The molecule has 0 fully saturated rings. The topological polar surface area (TPSA) is 0 Å². The second kappa shape index (κ2) is 8.77. The van der Waals surface area contributed by atoms with Gasteiger partial charge in [0.15, 0.2) is 0 Å². The largest absolute Gasteiger partial charge is 0.0854 e. The Labute approximate surface area is 178 Å². The van der Waals surface area contributed by atoms with Gasteiger partial charge in [0.2, 0.25) is 0 Å². The van der Waals surface area contributed by atoms with Crippen molar-refractivity contribution in [1.29, 1.82) is 0 Å². The molecule has 3 aromatic rings. The van der Waals surface area contributed by atoms with E-state index in [1.165, 1.54) is 19.1 Å². The van der Waals surface area contributed by atoms with Crippen LogP contribution >= 0.6 is 29.5 Å². The van der Waals surface area contributed by atoms with E-state index >= 15 is 0 Å². The van der Waals surface area contributed by atoms with Gasteiger partial charge < -0.3 is 0 Å². The first kappa shape index (κ1) is 20.4. The second-order valence-electron chi connectivity index (χ2n) is 7.64. The number of benzene rings is 3. The molecule has 27 heavy (non-hydrogen) atoms. The van der Waals surface area contributed by atoms with Crippen molar-refractivity contribution < 1.29 is 0 Å². The summed E-state index contributed by atoms with van der Waals surface area (Å²) in [7, 11) is -1.33. The molecule has 0 unspecified atom stereocenters. The Morgan fingerprint density at radius 2 is 1.00 bits per heavy atom. The van der Waals surface area contributed by atoms with Gasteiger partial charge in [0.1, 0.15) is 0 Å². The van der Waals surface area contributed by atoms with Crippen molar-refractivity contribution in [3.05, 3.63) is 100 Å². The zero-order valence-electron chi connectivity index (χ0n) is 16.1. The number of rotatable bonds is 5. The summed E-state index contributed by atoms with van der Waals surface area (Å²) in [4.78, 5) is 0. The monoisotopic (exact) mass is 500 g/mol. The zero-order valence-corrected chi connectivity index (χ0v) is 20.2. The summed E-state index contributed by atoms with van der Waals surface area (Å²) in [6.45, 7) is 5.37. The normalized spacial score (nSPS) is 12.7.